The zero-order valence-electron chi connectivity index (χ0n) is 11.0. The van der Waals surface area contributed by atoms with Gasteiger partial charge in [0.05, 0.1) is 0 Å². The van der Waals surface area contributed by atoms with Gasteiger partial charge in [-0.3, -0.25) is 0 Å². The van der Waals surface area contributed by atoms with Crippen LogP contribution in [-0.4, -0.2) is 0 Å². The molecule has 1 heterocycles. The topological polar surface area (TPSA) is 13.1 Å². The lowest BCUT2D eigenvalue weighted by molar-refractivity contribution is 0.367. The predicted molar refractivity (Wildman–Crippen MR) is 74.7 cm³/mol. The fraction of sp³-hybridized carbons (Fsp3) is 0.412. The Kier molecular flexibility index (Phi) is 3.22. The predicted octanol–water partition coefficient (Wildman–Crippen LogP) is 5.30. The Labute approximate surface area is 109 Å². The second kappa shape index (κ2) is 5.01. The van der Waals surface area contributed by atoms with Crippen molar-refractivity contribution in [3.63, 3.8) is 0 Å². The molecule has 3 rings (SSSR count). The number of benzene rings is 1. The summed E-state index contributed by atoms with van der Waals surface area (Å²) in [6.45, 7) is 2.08. The molecule has 1 aromatic heterocycles. The van der Waals surface area contributed by atoms with Crippen molar-refractivity contribution in [3.05, 3.63) is 47.9 Å². The lowest BCUT2D eigenvalue weighted by Crippen LogP contribution is -2.02. The van der Waals surface area contributed by atoms with Crippen molar-refractivity contribution in [2.75, 3.05) is 0 Å². The fourth-order valence-electron chi connectivity index (χ4n) is 3.00. The number of furan rings is 1. The van der Waals surface area contributed by atoms with E-state index in [1.165, 1.54) is 49.0 Å². The summed E-state index contributed by atoms with van der Waals surface area (Å²) in [5, 5.41) is 0. The van der Waals surface area contributed by atoms with E-state index in [4.69, 9.17) is 4.42 Å². The largest absolute Gasteiger partial charge is 0.465 e. The van der Waals surface area contributed by atoms with Crippen LogP contribution in [0.25, 0.3) is 11.1 Å². The minimum Gasteiger partial charge on any atom is -0.465 e. The fourth-order valence-corrected chi connectivity index (χ4v) is 3.00. The molecule has 1 aliphatic carbocycles. The van der Waals surface area contributed by atoms with Gasteiger partial charge in [0, 0.05) is 11.5 Å². The highest BCUT2D eigenvalue weighted by molar-refractivity contribution is 5.65. The zero-order valence-corrected chi connectivity index (χ0v) is 11.0. The van der Waals surface area contributed by atoms with Gasteiger partial charge in [-0.15, -0.1) is 0 Å². The molecule has 0 radical (unpaired) electrons. The molecule has 0 bridgehead atoms. The van der Waals surface area contributed by atoms with Crippen LogP contribution >= 0.6 is 0 Å². The van der Waals surface area contributed by atoms with Crippen molar-refractivity contribution in [2.24, 2.45) is 0 Å². The maximum absolute atomic E-state index is 6.01. The van der Waals surface area contributed by atoms with E-state index >= 15 is 0 Å². The Hall–Kier alpha value is -1.50. The first kappa shape index (κ1) is 11.6. The van der Waals surface area contributed by atoms with Gasteiger partial charge in [0.25, 0.3) is 0 Å². The first-order valence-electron chi connectivity index (χ1n) is 7.00. The summed E-state index contributed by atoms with van der Waals surface area (Å²) >= 11 is 0. The smallest absolute Gasteiger partial charge is 0.108 e. The first-order valence-corrected chi connectivity index (χ1v) is 7.00. The maximum Gasteiger partial charge on any atom is 0.108 e. The molecule has 0 N–H and O–H groups in total. The summed E-state index contributed by atoms with van der Waals surface area (Å²) in [7, 11) is 0. The summed E-state index contributed by atoms with van der Waals surface area (Å²) in [5.41, 5.74) is 2.52. The Morgan fingerprint density at radius 3 is 2.44 bits per heavy atom. The molecule has 1 heteroatoms. The molecule has 18 heavy (non-hydrogen) atoms. The van der Waals surface area contributed by atoms with E-state index < -0.39 is 0 Å². The lowest BCUT2D eigenvalue weighted by Gasteiger charge is -2.19. The highest BCUT2D eigenvalue weighted by Gasteiger charge is 2.20. The molecule has 94 valence electrons. The van der Waals surface area contributed by atoms with E-state index in [0.29, 0.717) is 5.92 Å². The Bertz CT molecular complexity index is 504. The Morgan fingerprint density at radius 1 is 1.00 bits per heavy atom. The molecule has 1 fully saturated rings. The summed E-state index contributed by atoms with van der Waals surface area (Å²) in [6.07, 6.45) is 6.68. The van der Waals surface area contributed by atoms with Crippen LogP contribution in [0.1, 0.15) is 49.5 Å². The number of hydrogen-bond acceptors (Lipinski definition) is 1. The van der Waals surface area contributed by atoms with E-state index in [9.17, 15) is 0 Å². The Morgan fingerprint density at radius 2 is 1.72 bits per heavy atom. The molecule has 0 saturated heterocycles. The summed E-state index contributed by atoms with van der Waals surface area (Å²) in [4.78, 5) is 0. The van der Waals surface area contributed by atoms with Gasteiger partial charge in [0.1, 0.15) is 11.5 Å². The third-order valence-electron chi connectivity index (χ3n) is 4.03. The molecule has 0 amide bonds. The summed E-state index contributed by atoms with van der Waals surface area (Å²) in [5.74, 6) is 2.91. The van der Waals surface area contributed by atoms with E-state index in [1.807, 2.05) is 0 Å². The molecule has 0 aliphatic heterocycles. The van der Waals surface area contributed by atoms with E-state index in [-0.39, 0.29) is 0 Å². The van der Waals surface area contributed by atoms with E-state index in [2.05, 4.69) is 43.3 Å². The molecule has 1 aliphatic rings. The quantitative estimate of drug-likeness (QED) is 0.694. The van der Waals surface area contributed by atoms with Crippen LogP contribution in [0.4, 0.5) is 0 Å². The van der Waals surface area contributed by atoms with Gasteiger partial charge in [-0.2, -0.15) is 0 Å². The minimum atomic E-state index is 0.648. The SMILES string of the molecule is Cc1oc(C2CCCCC2)cc1-c1ccccc1. The van der Waals surface area contributed by atoms with Gasteiger partial charge in [0.2, 0.25) is 0 Å². The molecular weight excluding hydrogens is 220 g/mol. The van der Waals surface area contributed by atoms with Crippen LogP contribution < -0.4 is 0 Å². The van der Waals surface area contributed by atoms with Gasteiger partial charge in [-0.05, 0) is 31.4 Å². The molecule has 1 saturated carbocycles. The van der Waals surface area contributed by atoms with Crippen LogP contribution in [0.3, 0.4) is 0 Å². The second-order valence-electron chi connectivity index (χ2n) is 5.32. The summed E-state index contributed by atoms with van der Waals surface area (Å²) in [6, 6.07) is 12.8. The van der Waals surface area contributed by atoms with Crippen LogP contribution in [0.15, 0.2) is 40.8 Å². The minimum absolute atomic E-state index is 0.648. The molecule has 1 nitrogen and oxygen atoms in total. The third kappa shape index (κ3) is 2.22. The van der Waals surface area contributed by atoms with Crippen molar-refractivity contribution >= 4 is 0 Å². The van der Waals surface area contributed by atoms with Crippen molar-refractivity contribution < 1.29 is 4.42 Å². The van der Waals surface area contributed by atoms with Crippen LogP contribution in [0.2, 0.25) is 0 Å². The molecule has 2 aromatic rings. The number of hydrogen-bond donors (Lipinski definition) is 0. The molecule has 0 atom stereocenters. The highest BCUT2D eigenvalue weighted by atomic mass is 16.3. The van der Waals surface area contributed by atoms with Crippen molar-refractivity contribution in [2.45, 2.75) is 44.9 Å². The van der Waals surface area contributed by atoms with Gasteiger partial charge in [-0.25, -0.2) is 0 Å². The number of rotatable bonds is 2. The van der Waals surface area contributed by atoms with E-state index in [1.54, 1.807) is 0 Å². The molecule has 1 aromatic carbocycles. The molecule has 0 unspecified atom stereocenters. The van der Waals surface area contributed by atoms with Gasteiger partial charge in [0.15, 0.2) is 0 Å². The second-order valence-corrected chi connectivity index (χ2v) is 5.32. The standard InChI is InChI=1S/C17H20O/c1-13-16(14-8-4-2-5-9-14)12-17(18-13)15-10-6-3-7-11-15/h2,4-5,8-9,12,15H,3,6-7,10-11H2,1H3. The summed E-state index contributed by atoms with van der Waals surface area (Å²) < 4.78 is 6.01. The van der Waals surface area contributed by atoms with Gasteiger partial charge in [-0.1, -0.05) is 49.6 Å². The van der Waals surface area contributed by atoms with Crippen LogP contribution in [0, 0.1) is 6.92 Å². The number of aryl methyl sites for hydroxylation is 1. The van der Waals surface area contributed by atoms with Crippen molar-refractivity contribution in [1.29, 1.82) is 0 Å². The van der Waals surface area contributed by atoms with Crippen LogP contribution in [0.5, 0.6) is 0 Å². The van der Waals surface area contributed by atoms with Crippen molar-refractivity contribution in [3.8, 4) is 11.1 Å². The lowest BCUT2D eigenvalue weighted by atomic mass is 9.87. The van der Waals surface area contributed by atoms with Crippen molar-refractivity contribution in [1.82, 2.24) is 0 Å². The van der Waals surface area contributed by atoms with Gasteiger partial charge < -0.3 is 4.42 Å². The molecular formula is C17H20O. The molecule has 0 spiro atoms. The van der Waals surface area contributed by atoms with Gasteiger partial charge >= 0.3 is 0 Å². The average Bonchev–Trinajstić information content (AvgIpc) is 2.83. The third-order valence-corrected chi connectivity index (χ3v) is 4.03. The first-order chi connectivity index (χ1) is 8.84. The highest BCUT2D eigenvalue weighted by Crippen LogP contribution is 2.37. The van der Waals surface area contributed by atoms with E-state index in [0.717, 1.165) is 5.76 Å². The van der Waals surface area contributed by atoms with Crippen LogP contribution in [-0.2, 0) is 0 Å². The monoisotopic (exact) mass is 240 g/mol. The zero-order chi connectivity index (χ0) is 12.4. The Balaban J connectivity index is 1.91. The maximum atomic E-state index is 6.01. The normalized spacial score (nSPS) is 16.9. The average molecular weight is 240 g/mol.